The Morgan fingerprint density at radius 3 is 2.26 bits per heavy atom. The number of carbonyl (C=O) groups is 1. The second kappa shape index (κ2) is 7.20. The minimum atomic E-state index is -4.57. The van der Waals surface area contributed by atoms with Crippen LogP contribution in [-0.2, 0) is 20.3 Å². The highest BCUT2D eigenvalue weighted by molar-refractivity contribution is 6.56. The summed E-state index contributed by atoms with van der Waals surface area (Å²) < 4.78 is 52.1. The standard InChI is InChI=1S/C18H24BF3N2O3/c1-11(25)24-10-12(19-26-16(2,3)17(4,5)27-19)9-13-14(18(20,21)22)7-6-8-15(13)23/h6-9H,10,23H2,1-5H3,(H,24,25). The number of anilines is 1. The minimum absolute atomic E-state index is 0.0262. The average molecular weight is 384 g/mol. The maximum Gasteiger partial charge on any atom is 0.492 e. The molecule has 0 atom stereocenters. The van der Waals surface area contributed by atoms with E-state index in [4.69, 9.17) is 15.0 Å². The van der Waals surface area contributed by atoms with Crippen LogP contribution in [0.2, 0.25) is 0 Å². The molecule has 1 aromatic carbocycles. The maximum atomic E-state index is 13.4. The smallest absolute Gasteiger partial charge is 0.400 e. The molecule has 1 aromatic rings. The van der Waals surface area contributed by atoms with Gasteiger partial charge in [-0.3, -0.25) is 4.79 Å². The molecule has 0 saturated carbocycles. The van der Waals surface area contributed by atoms with E-state index in [0.29, 0.717) is 5.47 Å². The highest BCUT2D eigenvalue weighted by Gasteiger charge is 2.52. The highest BCUT2D eigenvalue weighted by Crippen LogP contribution is 2.40. The summed E-state index contributed by atoms with van der Waals surface area (Å²) in [5, 5.41) is 2.59. The van der Waals surface area contributed by atoms with Gasteiger partial charge in [-0.2, -0.15) is 13.2 Å². The first-order valence-corrected chi connectivity index (χ1v) is 8.51. The quantitative estimate of drug-likeness (QED) is 0.616. The zero-order chi connectivity index (χ0) is 20.6. The Hall–Kier alpha value is -2.00. The Kier molecular flexibility index (Phi) is 5.68. The molecule has 1 fully saturated rings. The predicted octanol–water partition coefficient (Wildman–Crippen LogP) is 3.44. The van der Waals surface area contributed by atoms with Crippen LogP contribution in [-0.4, -0.2) is 30.8 Å². The Balaban J connectivity index is 2.52. The van der Waals surface area contributed by atoms with Crippen LogP contribution in [0.15, 0.2) is 23.7 Å². The molecular weight excluding hydrogens is 360 g/mol. The molecule has 0 aliphatic carbocycles. The topological polar surface area (TPSA) is 73.6 Å². The summed E-state index contributed by atoms with van der Waals surface area (Å²) in [6.07, 6.45) is -3.29. The second-order valence-corrected chi connectivity index (χ2v) is 7.52. The van der Waals surface area contributed by atoms with Gasteiger partial charge in [0, 0.05) is 24.7 Å². The van der Waals surface area contributed by atoms with Crippen LogP contribution in [0.5, 0.6) is 0 Å². The van der Waals surface area contributed by atoms with Crippen molar-refractivity contribution in [2.24, 2.45) is 0 Å². The summed E-state index contributed by atoms with van der Waals surface area (Å²) in [6.45, 7) is 8.63. The Bertz CT molecular complexity index is 745. The lowest BCUT2D eigenvalue weighted by Gasteiger charge is -2.32. The van der Waals surface area contributed by atoms with Crippen LogP contribution < -0.4 is 11.1 Å². The van der Waals surface area contributed by atoms with E-state index in [2.05, 4.69) is 5.32 Å². The van der Waals surface area contributed by atoms with Gasteiger partial charge in [-0.05, 0) is 45.3 Å². The van der Waals surface area contributed by atoms with E-state index < -0.39 is 30.1 Å². The minimum Gasteiger partial charge on any atom is -0.400 e. The summed E-state index contributed by atoms with van der Waals surface area (Å²) in [7, 11) is -0.914. The molecule has 9 heteroatoms. The molecule has 2 rings (SSSR count). The summed E-state index contributed by atoms with van der Waals surface area (Å²) in [4.78, 5) is 11.3. The van der Waals surface area contributed by atoms with Crippen molar-refractivity contribution in [1.29, 1.82) is 0 Å². The number of halogens is 3. The molecule has 1 aliphatic heterocycles. The number of rotatable bonds is 4. The van der Waals surface area contributed by atoms with Gasteiger partial charge in [0.2, 0.25) is 5.91 Å². The lowest BCUT2D eigenvalue weighted by molar-refractivity contribution is -0.137. The summed E-state index contributed by atoms with van der Waals surface area (Å²) in [5.74, 6) is -0.325. The number of hydrogen-bond acceptors (Lipinski definition) is 4. The van der Waals surface area contributed by atoms with Crippen molar-refractivity contribution in [3.8, 4) is 0 Å². The van der Waals surface area contributed by atoms with Crippen LogP contribution in [0, 0.1) is 0 Å². The van der Waals surface area contributed by atoms with Crippen LogP contribution in [0.25, 0.3) is 6.08 Å². The third-order valence-corrected chi connectivity index (χ3v) is 4.87. The number of alkyl halides is 3. The number of amides is 1. The molecule has 1 saturated heterocycles. The first kappa shape index (κ1) is 21.3. The number of benzene rings is 1. The number of carbonyl (C=O) groups excluding carboxylic acids is 1. The van der Waals surface area contributed by atoms with Gasteiger partial charge in [0.25, 0.3) is 0 Å². The van der Waals surface area contributed by atoms with Gasteiger partial charge in [0.05, 0.1) is 16.8 Å². The SMILES string of the molecule is CC(=O)NCC(=Cc1c(N)cccc1C(F)(F)F)B1OC(C)(C)C(C)(C)O1. The van der Waals surface area contributed by atoms with Crippen molar-refractivity contribution in [1.82, 2.24) is 5.32 Å². The Morgan fingerprint density at radius 1 is 1.22 bits per heavy atom. The van der Waals surface area contributed by atoms with E-state index in [0.717, 1.165) is 6.07 Å². The van der Waals surface area contributed by atoms with Gasteiger partial charge < -0.3 is 20.4 Å². The second-order valence-electron chi connectivity index (χ2n) is 7.52. The number of nitrogen functional groups attached to an aromatic ring is 1. The van der Waals surface area contributed by atoms with E-state index in [1.165, 1.54) is 25.1 Å². The largest absolute Gasteiger partial charge is 0.492 e. The van der Waals surface area contributed by atoms with Crippen molar-refractivity contribution in [3.05, 3.63) is 34.8 Å². The third kappa shape index (κ3) is 4.65. The fraction of sp³-hybridized carbons (Fsp3) is 0.500. The number of hydrogen-bond donors (Lipinski definition) is 2. The van der Waals surface area contributed by atoms with Gasteiger partial charge >= 0.3 is 13.3 Å². The number of nitrogens with one attached hydrogen (secondary N) is 1. The maximum absolute atomic E-state index is 13.4. The normalized spacial score (nSPS) is 19.3. The summed E-state index contributed by atoms with van der Waals surface area (Å²) >= 11 is 0. The molecule has 5 nitrogen and oxygen atoms in total. The van der Waals surface area contributed by atoms with Gasteiger partial charge in [0.1, 0.15) is 0 Å². The zero-order valence-corrected chi connectivity index (χ0v) is 16.0. The molecule has 27 heavy (non-hydrogen) atoms. The molecule has 0 aromatic heterocycles. The molecule has 1 amide bonds. The predicted molar refractivity (Wildman–Crippen MR) is 98.6 cm³/mol. The highest BCUT2D eigenvalue weighted by atomic mass is 19.4. The summed E-state index contributed by atoms with van der Waals surface area (Å²) in [5.41, 5.74) is 3.73. The van der Waals surface area contributed by atoms with Crippen LogP contribution >= 0.6 is 0 Å². The van der Waals surface area contributed by atoms with E-state index in [9.17, 15) is 18.0 Å². The third-order valence-electron chi connectivity index (χ3n) is 4.87. The molecule has 1 aliphatic rings. The first-order valence-electron chi connectivity index (χ1n) is 8.51. The van der Waals surface area contributed by atoms with Crippen molar-refractivity contribution in [2.45, 2.75) is 52.0 Å². The zero-order valence-electron chi connectivity index (χ0n) is 16.0. The molecule has 1 heterocycles. The van der Waals surface area contributed by atoms with Crippen LogP contribution in [0.1, 0.15) is 45.7 Å². The van der Waals surface area contributed by atoms with Crippen LogP contribution in [0.4, 0.5) is 18.9 Å². The van der Waals surface area contributed by atoms with Gasteiger partial charge in [-0.25, -0.2) is 0 Å². The first-order chi connectivity index (χ1) is 12.2. The summed E-state index contributed by atoms with van der Waals surface area (Å²) in [6, 6.07) is 3.60. The van der Waals surface area contributed by atoms with E-state index in [-0.39, 0.29) is 23.7 Å². The Labute approximate surface area is 157 Å². The molecule has 3 N–H and O–H groups in total. The molecule has 0 bridgehead atoms. The Morgan fingerprint density at radius 2 is 1.78 bits per heavy atom. The molecular formula is C18H24BF3N2O3. The van der Waals surface area contributed by atoms with Crippen molar-refractivity contribution >= 4 is 24.8 Å². The van der Waals surface area contributed by atoms with Crippen molar-refractivity contribution in [3.63, 3.8) is 0 Å². The lowest BCUT2D eigenvalue weighted by Crippen LogP contribution is -2.41. The molecule has 0 radical (unpaired) electrons. The van der Waals surface area contributed by atoms with Gasteiger partial charge in [-0.1, -0.05) is 12.1 Å². The van der Waals surface area contributed by atoms with Crippen LogP contribution in [0.3, 0.4) is 0 Å². The van der Waals surface area contributed by atoms with Crippen molar-refractivity contribution < 1.29 is 27.3 Å². The monoisotopic (exact) mass is 384 g/mol. The van der Waals surface area contributed by atoms with Gasteiger partial charge in [-0.15, -0.1) is 0 Å². The van der Waals surface area contributed by atoms with E-state index >= 15 is 0 Å². The molecule has 148 valence electrons. The van der Waals surface area contributed by atoms with E-state index in [1.807, 2.05) is 27.7 Å². The fourth-order valence-corrected chi connectivity index (χ4v) is 2.60. The van der Waals surface area contributed by atoms with Crippen molar-refractivity contribution in [2.75, 3.05) is 12.3 Å². The van der Waals surface area contributed by atoms with Gasteiger partial charge in [0.15, 0.2) is 0 Å². The average Bonchev–Trinajstić information content (AvgIpc) is 2.71. The lowest BCUT2D eigenvalue weighted by atomic mass is 9.76. The fourth-order valence-electron chi connectivity index (χ4n) is 2.60. The molecule has 0 spiro atoms. The van der Waals surface area contributed by atoms with E-state index in [1.54, 1.807) is 0 Å². The molecule has 0 unspecified atom stereocenters. The number of nitrogens with two attached hydrogens (primary N) is 1.